The van der Waals surface area contributed by atoms with Gasteiger partial charge in [0.15, 0.2) is 5.82 Å². The Bertz CT molecular complexity index is 1340. The lowest BCUT2D eigenvalue weighted by Gasteiger charge is -2.28. The van der Waals surface area contributed by atoms with E-state index in [0.717, 1.165) is 60.4 Å². The Hall–Kier alpha value is -3.46. The third kappa shape index (κ3) is 6.46. The van der Waals surface area contributed by atoms with Crippen LogP contribution in [-0.2, 0) is 16.0 Å². The molecule has 0 radical (unpaired) electrons. The Morgan fingerprint density at radius 1 is 1.11 bits per heavy atom. The molecule has 0 bridgehead atoms. The summed E-state index contributed by atoms with van der Waals surface area (Å²) in [5.41, 5.74) is 9.11. The number of nitrogens with zero attached hydrogens (tertiary/aromatic N) is 2. The average Bonchev–Trinajstić information content (AvgIpc) is 3.36. The summed E-state index contributed by atoms with van der Waals surface area (Å²) in [6, 6.07) is 19.7. The molecule has 2 aromatic heterocycles. The van der Waals surface area contributed by atoms with Crippen molar-refractivity contribution in [2.75, 3.05) is 25.0 Å². The fourth-order valence-corrected chi connectivity index (χ4v) is 4.76. The van der Waals surface area contributed by atoms with Gasteiger partial charge in [-0.25, -0.2) is 9.97 Å². The number of rotatable bonds is 10. The Morgan fingerprint density at radius 2 is 1.86 bits per heavy atom. The highest BCUT2D eigenvalue weighted by molar-refractivity contribution is 6.30. The van der Waals surface area contributed by atoms with Gasteiger partial charge in [0.25, 0.3) is 0 Å². The van der Waals surface area contributed by atoms with Crippen molar-refractivity contribution in [3.8, 4) is 11.4 Å². The summed E-state index contributed by atoms with van der Waals surface area (Å²) in [6.45, 7) is 1.88. The van der Waals surface area contributed by atoms with E-state index in [4.69, 9.17) is 32.0 Å². The first-order valence-corrected chi connectivity index (χ1v) is 13.0. The number of hydrogen-bond donors (Lipinski definition) is 4. The average molecular weight is 519 g/mol. The second-order valence-corrected chi connectivity index (χ2v) is 9.74. The molecule has 1 aliphatic heterocycles. The molecule has 8 nitrogen and oxygen atoms in total. The van der Waals surface area contributed by atoms with E-state index in [1.807, 2.05) is 48.5 Å². The zero-order valence-corrected chi connectivity index (χ0v) is 21.3. The van der Waals surface area contributed by atoms with Crippen LogP contribution in [0.15, 0.2) is 60.7 Å². The van der Waals surface area contributed by atoms with Gasteiger partial charge in [0.2, 0.25) is 5.91 Å². The summed E-state index contributed by atoms with van der Waals surface area (Å²) in [4.78, 5) is 24.5. The second-order valence-electron chi connectivity index (χ2n) is 9.31. The van der Waals surface area contributed by atoms with Crippen LogP contribution in [0.2, 0.25) is 5.02 Å². The summed E-state index contributed by atoms with van der Waals surface area (Å²) in [7, 11) is 0. The van der Waals surface area contributed by atoms with Gasteiger partial charge in [-0.15, -0.1) is 0 Å². The minimum atomic E-state index is -0.459. The van der Waals surface area contributed by atoms with Crippen LogP contribution in [0, 0.1) is 0 Å². The predicted octanol–water partition coefficient (Wildman–Crippen LogP) is 4.62. The number of anilines is 1. The molecule has 0 spiro atoms. The van der Waals surface area contributed by atoms with Gasteiger partial charge in [-0.2, -0.15) is 0 Å². The molecular weight excluding hydrogens is 488 g/mol. The van der Waals surface area contributed by atoms with Crippen LogP contribution < -0.4 is 16.4 Å². The first-order valence-electron chi connectivity index (χ1n) is 12.6. The number of benzene rings is 2. The molecule has 0 saturated carbocycles. The fourth-order valence-electron chi connectivity index (χ4n) is 4.63. The zero-order valence-electron chi connectivity index (χ0n) is 20.5. The van der Waals surface area contributed by atoms with Crippen molar-refractivity contribution in [2.24, 2.45) is 5.73 Å². The maximum absolute atomic E-state index is 11.5. The molecule has 1 fully saturated rings. The number of H-pyrrole nitrogens is 1. The van der Waals surface area contributed by atoms with Gasteiger partial charge in [0.05, 0.1) is 24.1 Å². The SMILES string of the molecule is NC(=O)CNc1nc(-c2ccccc2)nc2[nH]c(C(CCc3ccc(Cl)cc3)OC3CCNCC3)cc12. The smallest absolute Gasteiger partial charge is 0.236 e. The number of amides is 1. The van der Waals surface area contributed by atoms with Gasteiger partial charge in [-0.05, 0) is 62.5 Å². The van der Waals surface area contributed by atoms with Crippen LogP contribution in [-0.4, -0.2) is 46.6 Å². The number of halogens is 1. The van der Waals surface area contributed by atoms with Gasteiger partial charge >= 0.3 is 0 Å². The van der Waals surface area contributed by atoms with Crippen molar-refractivity contribution in [2.45, 2.75) is 37.9 Å². The highest BCUT2D eigenvalue weighted by atomic mass is 35.5. The van der Waals surface area contributed by atoms with Gasteiger partial charge in [0.1, 0.15) is 11.5 Å². The lowest BCUT2D eigenvalue weighted by molar-refractivity contribution is -0.116. The highest BCUT2D eigenvalue weighted by Crippen LogP contribution is 2.32. The topological polar surface area (TPSA) is 118 Å². The Kier molecular flexibility index (Phi) is 7.99. The molecule has 1 aliphatic rings. The molecule has 1 atom stereocenters. The number of aromatic nitrogens is 3. The van der Waals surface area contributed by atoms with Crippen LogP contribution >= 0.6 is 11.6 Å². The molecule has 1 unspecified atom stereocenters. The predicted molar refractivity (Wildman–Crippen MR) is 146 cm³/mol. The minimum Gasteiger partial charge on any atom is -0.369 e. The normalized spacial score (nSPS) is 15.1. The summed E-state index contributed by atoms with van der Waals surface area (Å²) in [5, 5.41) is 8.01. The van der Waals surface area contributed by atoms with Crippen molar-refractivity contribution in [1.82, 2.24) is 20.3 Å². The van der Waals surface area contributed by atoms with E-state index in [1.54, 1.807) is 0 Å². The van der Waals surface area contributed by atoms with E-state index in [-0.39, 0.29) is 18.8 Å². The Balaban J connectivity index is 1.49. The van der Waals surface area contributed by atoms with Crippen LogP contribution in [0.25, 0.3) is 22.4 Å². The van der Waals surface area contributed by atoms with Crippen LogP contribution in [0.3, 0.4) is 0 Å². The number of fused-ring (bicyclic) bond motifs is 1. The number of aromatic amines is 1. The quantitative estimate of drug-likeness (QED) is 0.243. The number of nitrogens with one attached hydrogen (secondary N) is 3. The maximum atomic E-state index is 11.5. The molecule has 5 N–H and O–H groups in total. The maximum Gasteiger partial charge on any atom is 0.236 e. The number of primary amides is 1. The Labute approximate surface area is 221 Å². The molecular formula is C28H31ClN6O2. The molecule has 192 valence electrons. The minimum absolute atomic E-state index is 0.0214. The number of aryl methyl sites for hydroxylation is 1. The third-order valence-corrected chi connectivity index (χ3v) is 6.82. The van der Waals surface area contributed by atoms with E-state index in [2.05, 4.69) is 27.8 Å². The van der Waals surface area contributed by atoms with Crippen molar-refractivity contribution < 1.29 is 9.53 Å². The highest BCUT2D eigenvalue weighted by Gasteiger charge is 2.23. The van der Waals surface area contributed by atoms with E-state index >= 15 is 0 Å². The van der Waals surface area contributed by atoms with Crippen LogP contribution in [0.4, 0.5) is 5.82 Å². The van der Waals surface area contributed by atoms with Gasteiger partial charge in [-0.1, -0.05) is 54.1 Å². The Morgan fingerprint density at radius 3 is 2.59 bits per heavy atom. The summed E-state index contributed by atoms with van der Waals surface area (Å²) in [6.07, 6.45) is 3.61. The molecule has 1 saturated heterocycles. The summed E-state index contributed by atoms with van der Waals surface area (Å²) < 4.78 is 6.67. The van der Waals surface area contributed by atoms with Gasteiger partial charge in [0, 0.05) is 16.3 Å². The molecule has 1 amide bonds. The van der Waals surface area contributed by atoms with E-state index in [1.165, 1.54) is 5.56 Å². The van der Waals surface area contributed by atoms with E-state index < -0.39 is 5.91 Å². The van der Waals surface area contributed by atoms with E-state index in [0.29, 0.717) is 17.3 Å². The van der Waals surface area contributed by atoms with E-state index in [9.17, 15) is 4.79 Å². The lowest BCUT2D eigenvalue weighted by atomic mass is 10.0. The van der Waals surface area contributed by atoms with Crippen molar-refractivity contribution in [3.05, 3.63) is 76.9 Å². The van der Waals surface area contributed by atoms with Crippen molar-refractivity contribution in [3.63, 3.8) is 0 Å². The van der Waals surface area contributed by atoms with Gasteiger partial charge < -0.3 is 26.1 Å². The standard InChI is InChI=1S/C28H31ClN6O2/c29-20-9-6-18(7-10-20)8-11-24(37-21-12-14-31-15-13-21)23-16-22-27(32-17-25(30)36)34-26(35-28(22)33-23)19-4-2-1-3-5-19/h1-7,9-10,16,21,24,31H,8,11-15,17H2,(H2,30,36)(H2,32,33,34,35). The van der Waals surface area contributed by atoms with Crippen molar-refractivity contribution in [1.29, 1.82) is 0 Å². The fraction of sp³-hybridized carbons (Fsp3) is 0.321. The largest absolute Gasteiger partial charge is 0.369 e. The lowest BCUT2D eigenvalue weighted by Crippen LogP contribution is -2.33. The number of piperidine rings is 1. The molecule has 4 aromatic rings. The third-order valence-electron chi connectivity index (χ3n) is 6.57. The first-order chi connectivity index (χ1) is 18.0. The molecule has 5 rings (SSSR count). The number of carbonyl (C=O) groups is 1. The summed E-state index contributed by atoms with van der Waals surface area (Å²) >= 11 is 6.08. The number of carbonyl (C=O) groups excluding carboxylic acids is 1. The monoisotopic (exact) mass is 518 g/mol. The van der Waals surface area contributed by atoms with Crippen LogP contribution in [0.1, 0.15) is 36.6 Å². The van der Waals surface area contributed by atoms with Gasteiger partial charge in [-0.3, -0.25) is 4.79 Å². The zero-order chi connectivity index (χ0) is 25.6. The van der Waals surface area contributed by atoms with Crippen LogP contribution in [0.5, 0.6) is 0 Å². The molecule has 9 heteroatoms. The molecule has 2 aromatic carbocycles. The van der Waals surface area contributed by atoms with Crippen molar-refractivity contribution >= 4 is 34.4 Å². The number of hydrogen-bond acceptors (Lipinski definition) is 6. The second kappa shape index (κ2) is 11.7. The summed E-state index contributed by atoms with van der Waals surface area (Å²) in [5.74, 6) is 0.660. The molecule has 37 heavy (non-hydrogen) atoms. The first kappa shape index (κ1) is 25.2. The number of nitrogens with two attached hydrogens (primary N) is 1. The number of ether oxygens (including phenoxy) is 1. The molecule has 3 heterocycles. The molecule has 0 aliphatic carbocycles.